The molecule has 0 amide bonds. The summed E-state index contributed by atoms with van der Waals surface area (Å²) in [5, 5.41) is 3.60. The molecule has 0 spiro atoms. The van der Waals surface area contributed by atoms with E-state index >= 15 is 0 Å². The number of hydrogen-bond acceptors (Lipinski definition) is 2. The maximum Gasteiger partial charge on any atom is 0.0234 e. The Bertz CT molecular complexity index is 385. The van der Waals surface area contributed by atoms with E-state index in [0.29, 0.717) is 6.04 Å². The molecule has 2 nitrogen and oxygen atoms in total. The third-order valence-corrected chi connectivity index (χ3v) is 3.78. The molecule has 0 bridgehead atoms. The van der Waals surface area contributed by atoms with Crippen molar-refractivity contribution in [2.24, 2.45) is 0 Å². The Morgan fingerprint density at radius 1 is 1.32 bits per heavy atom. The Balaban J connectivity index is 2.56. The molecule has 0 fully saturated rings. The van der Waals surface area contributed by atoms with E-state index in [9.17, 15) is 0 Å². The van der Waals surface area contributed by atoms with Gasteiger partial charge in [0.2, 0.25) is 0 Å². The molecule has 0 saturated carbocycles. The minimum Gasteiger partial charge on any atom is -0.311 e. The van der Waals surface area contributed by atoms with Gasteiger partial charge in [0, 0.05) is 29.1 Å². The standard InChI is InChI=1S/C16H27BrN2/c1-6-15(11-18-16(2,3)4)19(5)12-13-8-7-9-14(17)10-13/h7-10,15,18H,6,11-12H2,1-5H3. The monoisotopic (exact) mass is 326 g/mol. The van der Waals surface area contributed by atoms with E-state index in [1.807, 2.05) is 0 Å². The zero-order chi connectivity index (χ0) is 14.5. The molecule has 108 valence electrons. The summed E-state index contributed by atoms with van der Waals surface area (Å²) in [6, 6.07) is 9.12. The van der Waals surface area contributed by atoms with Crippen LogP contribution >= 0.6 is 15.9 Å². The van der Waals surface area contributed by atoms with E-state index in [1.54, 1.807) is 0 Å². The molecule has 0 radical (unpaired) electrons. The summed E-state index contributed by atoms with van der Waals surface area (Å²) >= 11 is 3.53. The summed E-state index contributed by atoms with van der Waals surface area (Å²) in [6.07, 6.45) is 1.16. The number of likely N-dealkylation sites (N-methyl/N-ethyl adjacent to an activating group) is 1. The first kappa shape index (κ1) is 16.7. The van der Waals surface area contributed by atoms with E-state index in [1.165, 1.54) is 5.56 Å². The first-order valence-corrected chi connectivity index (χ1v) is 7.81. The van der Waals surface area contributed by atoms with Crippen molar-refractivity contribution in [3.05, 3.63) is 34.3 Å². The lowest BCUT2D eigenvalue weighted by molar-refractivity contribution is 0.208. The van der Waals surface area contributed by atoms with Gasteiger partial charge in [-0.05, 0) is 51.9 Å². The minimum absolute atomic E-state index is 0.185. The van der Waals surface area contributed by atoms with Crippen LogP contribution in [0.15, 0.2) is 28.7 Å². The molecule has 0 saturated heterocycles. The summed E-state index contributed by atoms with van der Waals surface area (Å²) in [6.45, 7) is 10.9. The van der Waals surface area contributed by atoms with Crippen LogP contribution in [0.5, 0.6) is 0 Å². The highest BCUT2D eigenvalue weighted by Gasteiger charge is 2.16. The molecule has 1 rings (SSSR count). The minimum atomic E-state index is 0.185. The summed E-state index contributed by atoms with van der Waals surface area (Å²) in [7, 11) is 2.21. The predicted octanol–water partition coefficient (Wildman–Crippen LogP) is 4.05. The van der Waals surface area contributed by atoms with Crippen LogP contribution in [0.4, 0.5) is 0 Å². The van der Waals surface area contributed by atoms with Crippen molar-refractivity contribution in [2.45, 2.75) is 52.2 Å². The van der Waals surface area contributed by atoms with Gasteiger partial charge in [0.1, 0.15) is 0 Å². The summed E-state index contributed by atoms with van der Waals surface area (Å²) in [4.78, 5) is 2.43. The van der Waals surface area contributed by atoms with Gasteiger partial charge in [-0.1, -0.05) is 35.0 Å². The van der Waals surface area contributed by atoms with Crippen LogP contribution in [0.3, 0.4) is 0 Å². The molecule has 1 unspecified atom stereocenters. The van der Waals surface area contributed by atoms with Crippen LogP contribution in [-0.2, 0) is 6.54 Å². The Kier molecular flexibility index (Phi) is 6.51. The van der Waals surface area contributed by atoms with Crippen LogP contribution in [0, 0.1) is 0 Å². The van der Waals surface area contributed by atoms with Crippen molar-refractivity contribution in [3.8, 4) is 0 Å². The zero-order valence-electron chi connectivity index (χ0n) is 12.8. The molecule has 1 aromatic carbocycles. The number of nitrogens with zero attached hydrogens (tertiary/aromatic N) is 1. The maximum atomic E-state index is 3.60. The predicted molar refractivity (Wildman–Crippen MR) is 87.4 cm³/mol. The van der Waals surface area contributed by atoms with Crippen molar-refractivity contribution >= 4 is 15.9 Å². The van der Waals surface area contributed by atoms with Gasteiger partial charge in [-0.3, -0.25) is 4.90 Å². The summed E-state index contributed by atoms with van der Waals surface area (Å²) < 4.78 is 1.15. The van der Waals surface area contributed by atoms with Gasteiger partial charge >= 0.3 is 0 Å². The Labute approximate surface area is 126 Å². The van der Waals surface area contributed by atoms with Gasteiger partial charge in [0.25, 0.3) is 0 Å². The lowest BCUT2D eigenvalue weighted by Crippen LogP contribution is -2.46. The van der Waals surface area contributed by atoms with E-state index in [0.717, 1.165) is 24.0 Å². The van der Waals surface area contributed by atoms with Gasteiger partial charge in [0.15, 0.2) is 0 Å². The topological polar surface area (TPSA) is 15.3 Å². The third kappa shape index (κ3) is 6.55. The highest BCUT2D eigenvalue weighted by atomic mass is 79.9. The smallest absolute Gasteiger partial charge is 0.0234 e. The normalized spacial score (nSPS) is 13.8. The van der Waals surface area contributed by atoms with E-state index in [4.69, 9.17) is 0 Å². The van der Waals surface area contributed by atoms with Crippen LogP contribution in [0.25, 0.3) is 0 Å². The van der Waals surface area contributed by atoms with Gasteiger partial charge in [-0.25, -0.2) is 0 Å². The maximum absolute atomic E-state index is 3.60. The van der Waals surface area contributed by atoms with Gasteiger partial charge in [0.05, 0.1) is 0 Å². The van der Waals surface area contributed by atoms with Gasteiger partial charge in [-0.15, -0.1) is 0 Å². The van der Waals surface area contributed by atoms with Crippen LogP contribution in [0.2, 0.25) is 0 Å². The molecule has 0 heterocycles. The number of halogens is 1. The van der Waals surface area contributed by atoms with E-state index in [-0.39, 0.29) is 5.54 Å². The largest absolute Gasteiger partial charge is 0.311 e. The molecular weight excluding hydrogens is 300 g/mol. The highest BCUT2D eigenvalue weighted by Crippen LogP contribution is 2.15. The Morgan fingerprint density at radius 2 is 2.00 bits per heavy atom. The average Bonchev–Trinajstić information content (AvgIpc) is 2.28. The molecule has 19 heavy (non-hydrogen) atoms. The van der Waals surface area contributed by atoms with Crippen molar-refractivity contribution in [2.75, 3.05) is 13.6 Å². The van der Waals surface area contributed by atoms with Crippen LogP contribution in [0.1, 0.15) is 39.7 Å². The quantitative estimate of drug-likeness (QED) is 0.848. The van der Waals surface area contributed by atoms with Crippen molar-refractivity contribution < 1.29 is 0 Å². The zero-order valence-corrected chi connectivity index (χ0v) is 14.4. The van der Waals surface area contributed by atoms with Crippen molar-refractivity contribution in [1.82, 2.24) is 10.2 Å². The first-order valence-electron chi connectivity index (χ1n) is 7.01. The molecular formula is C16H27BrN2. The fraction of sp³-hybridized carbons (Fsp3) is 0.625. The highest BCUT2D eigenvalue weighted by molar-refractivity contribution is 9.10. The fourth-order valence-corrected chi connectivity index (χ4v) is 2.53. The molecule has 1 aromatic rings. The lowest BCUT2D eigenvalue weighted by atomic mass is 10.1. The van der Waals surface area contributed by atoms with Crippen molar-refractivity contribution in [1.29, 1.82) is 0 Å². The van der Waals surface area contributed by atoms with Crippen molar-refractivity contribution in [3.63, 3.8) is 0 Å². The summed E-state index contributed by atoms with van der Waals surface area (Å²) in [5.41, 5.74) is 1.54. The van der Waals surface area contributed by atoms with Gasteiger partial charge < -0.3 is 5.32 Å². The van der Waals surface area contributed by atoms with Gasteiger partial charge in [-0.2, -0.15) is 0 Å². The first-order chi connectivity index (χ1) is 8.81. The Morgan fingerprint density at radius 3 is 2.53 bits per heavy atom. The second-order valence-corrected chi connectivity index (χ2v) is 7.15. The number of nitrogens with one attached hydrogen (secondary N) is 1. The van der Waals surface area contributed by atoms with E-state index in [2.05, 4.69) is 85.2 Å². The molecule has 0 aliphatic rings. The molecule has 0 aliphatic carbocycles. The Hall–Kier alpha value is -0.380. The number of benzene rings is 1. The SMILES string of the molecule is CCC(CNC(C)(C)C)N(C)Cc1cccc(Br)c1. The molecule has 0 aliphatic heterocycles. The summed E-state index contributed by atoms with van der Waals surface area (Å²) in [5.74, 6) is 0. The van der Waals surface area contributed by atoms with E-state index < -0.39 is 0 Å². The number of hydrogen-bond donors (Lipinski definition) is 1. The van der Waals surface area contributed by atoms with Crippen LogP contribution in [-0.4, -0.2) is 30.1 Å². The lowest BCUT2D eigenvalue weighted by Gasteiger charge is -2.31. The molecule has 0 aromatic heterocycles. The molecule has 3 heteroatoms. The fourth-order valence-electron chi connectivity index (χ4n) is 2.09. The third-order valence-electron chi connectivity index (χ3n) is 3.28. The molecule has 1 atom stereocenters. The molecule has 1 N–H and O–H groups in total. The average molecular weight is 327 g/mol. The van der Waals surface area contributed by atoms with Crippen LogP contribution < -0.4 is 5.32 Å². The number of rotatable bonds is 6. The second kappa shape index (κ2) is 7.41. The second-order valence-electron chi connectivity index (χ2n) is 6.24.